The lowest BCUT2D eigenvalue weighted by molar-refractivity contribution is -0.384. The van der Waals surface area contributed by atoms with Crippen LogP contribution in [0.4, 0.5) is 5.69 Å². The van der Waals surface area contributed by atoms with Crippen LogP contribution in [0.3, 0.4) is 0 Å². The van der Waals surface area contributed by atoms with Crippen molar-refractivity contribution >= 4 is 30.7 Å². The van der Waals surface area contributed by atoms with Crippen LogP contribution in [0.25, 0.3) is 11.3 Å². The fourth-order valence-electron chi connectivity index (χ4n) is 4.94. The molecule has 3 aromatic rings. The van der Waals surface area contributed by atoms with Crippen LogP contribution >= 0.6 is 7.75 Å². The molecule has 1 aliphatic heterocycles. The number of ether oxygens (including phenoxy) is 2. The average molecular weight is 643 g/mol. The summed E-state index contributed by atoms with van der Waals surface area (Å²) in [6.07, 6.45) is -1.55. The third kappa shape index (κ3) is 7.12. The first kappa shape index (κ1) is 32.0. The number of aliphatic hydroxyl groups excluding tert-OH is 2. The summed E-state index contributed by atoms with van der Waals surface area (Å²) >= 11 is 0. The van der Waals surface area contributed by atoms with Gasteiger partial charge in [-0.3, -0.25) is 19.4 Å². The van der Waals surface area contributed by atoms with Crippen molar-refractivity contribution in [3.8, 4) is 5.75 Å². The highest BCUT2D eigenvalue weighted by atomic mass is 31.2. The van der Waals surface area contributed by atoms with E-state index >= 15 is 0 Å². The van der Waals surface area contributed by atoms with Crippen molar-refractivity contribution in [1.82, 2.24) is 19.9 Å². The number of methoxy groups -OCH3 is 1. The Morgan fingerprint density at radius 1 is 1.27 bits per heavy atom. The maximum absolute atomic E-state index is 14.3. The minimum Gasteiger partial charge on any atom is -0.468 e. The average Bonchev–Trinajstić information content (AvgIpc) is 3.74. The largest absolute Gasteiger partial charge is 0.468 e. The van der Waals surface area contributed by atoms with Crippen LogP contribution in [0, 0.1) is 10.1 Å². The van der Waals surface area contributed by atoms with Gasteiger partial charge in [0.15, 0.2) is 12.1 Å². The molecule has 45 heavy (non-hydrogen) atoms. The van der Waals surface area contributed by atoms with Crippen molar-refractivity contribution in [2.24, 2.45) is 5.73 Å². The number of esters is 1. The number of benzene rings is 2. The minimum atomic E-state index is -4.53. The minimum absolute atomic E-state index is 0.0606. The van der Waals surface area contributed by atoms with Crippen LogP contribution < -0.4 is 15.3 Å². The molecule has 2 heterocycles. The van der Waals surface area contributed by atoms with E-state index in [1.807, 2.05) is 30.3 Å². The number of hydrogen-bond acceptors (Lipinski definition) is 13. The van der Waals surface area contributed by atoms with E-state index in [9.17, 15) is 29.7 Å². The molecule has 1 fully saturated rings. The predicted molar refractivity (Wildman–Crippen MR) is 158 cm³/mol. The van der Waals surface area contributed by atoms with Gasteiger partial charge in [-0.2, -0.15) is 5.09 Å². The summed E-state index contributed by atoms with van der Waals surface area (Å²) < 4.78 is 37.5. The normalized spacial score (nSPS) is 22.6. The zero-order valence-electron chi connectivity index (χ0n) is 24.0. The van der Waals surface area contributed by atoms with Gasteiger partial charge in [0.2, 0.25) is 0 Å². The Bertz CT molecular complexity index is 1660. The first-order valence-corrected chi connectivity index (χ1v) is 15.2. The van der Waals surface area contributed by atoms with E-state index in [0.29, 0.717) is 6.42 Å². The van der Waals surface area contributed by atoms with Crippen molar-refractivity contribution in [3.05, 3.63) is 94.6 Å². The van der Waals surface area contributed by atoms with Gasteiger partial charge in [0.05, 0.1) is 24.3 Å². The van der Waals surface area contributed by atoms with Gasteiger partial charge in [-0.15, -0.1) is 5.10 Å². The van der Waals surface area contributed by atoms with E-state index in [2.05, 4.69) is 21.7 Å². The second kappa shape index (κ2) is 13.3. The Kier molecular flexibility index (Phi) is 9.43. The van der Waals surface area contributed by atoms with Gasteiger partial charge in [-0.05, 0) is 41.7 Å². The number of fused-ring (bicyclic) bond motifs is 1. The van der Waals surface area contributed by atoms with E-state index in [4.69, 9.17) is 24.3 Å². The van der Waals surface area contributed by atoms with Crippen LogP contribution in [-0.2, 0) is 29.8 Å². The van der Waals surface area contributed by atoms with Gasteiger partial charge in [0.1, 0.15) is 36.4 Å². The first-order valence-electron chi connectivity index (χ1n) is 13.7. The second-order valence-electron chi connectivity index (χ2n) is 10.3. The predicted octanol–water partition coefficient (Wildman–Crippen LogP) is 2.10. The van der Waals surface area contributed by atoms with Crippen molar-refractivity contribution in [2.75, 3.05) is 13.7 Å². The van der Waals surface area contributed by atoms with Gasteiger partial charge < -0.3 is 29.9 Å². The molecule has 2 aliphatic rings. The number of carbonyl (C=O) groups excluding carboxylic acids is 1. The number of carbonyl (C=O) groups is 1. The van der Waals surface area contributed by atoms with Crippen LogP contribution in [0.1, 0.15) is 29.6 Å². The molecular formula is C28H31N6O10P. The lowest BCUT2D eigenvalue weighted by atomic mass is 10.0. The van der Waals surface area contributed by atoms with Crippen LogP contribution in [0.15, 0.2) is 67.5 Å². The van der Waals surface area contributed by atoms with Crippen molar-refractivity contribution in [2.45, 2.75) is 43.4 Å². The monoisotopic (exact) mass is 642 g/mol. The summed E-state index contributed by atoms with van der Waals surface area (Å²) in [4.78, 5) is 27.4. The highest BCUT2D eigenvalue weighted by Crippen LogP contribution is 2.47. The molecule has 0 amide bonds. The van der Waals surface area contributed by atoms with E-state index < -0.39 is 55.8 Å². The van der Waals surface area contributed by atoms with Crippen LogP contribution in [0.2, 0.25) is 0 Å². The van der Waals surface area contributed by atoms with Gasteiger partial charge in [0, 0.05) is 12.1 Å². The fraction of sp³-hybridized carbons (Fsp3) is 0.321. The van der Waals surface area contributed by atoms with Gasteiger partial charge in [0.25, 0.3) is 5.69 Å². The van der Waals surface area contributed by atoms with E-state index in [-0.39, 0.29) is 29.4 Å². The number of aromatic nitrogens is 3. The Morgan fingerprint density at radius 3 is 2.67 bits per heavy atom. The highest BCUT2D eigenvalue weighted by molar-refractivity contribution is 7.52. The molecule has 5 N–H and O–H groups in total. The third-order valence-corrected chi connectivity index (χ3v) is 8.80. The number of nitro groups is 1. The topological polar surface area (TPSA) is 223 Å². The van der Waals surface area contributed by atoms with Crippen LogP contribution in [0.5, 0.6) is 5.75 Å². The van der Waals surface area contributed by atoms with Gasteiger partial charge >= 0.3 is 13.7 Å². The quantitative estimate of drug-likeness (QED) is 0.0907. The van der Waals surface area contributed by atoms with Crippen molar-refractivity contribution in [3.63, 3.8) is 0 Å². The number of nitrogens with one attached hydrogen (secondary N) is 1. The molecular weight excluding hydrogens is 611 g/mol. The molecule has 0 bridgehead atoms. The molecule has 0 spiro atoms. The number of allylic oxidation sites excluding steroid dienone is 1. The number of nitrogens with zero attached hydrogens (tertiary/aromatic N) is 4. The summed E-state index contributed by atoms with van der Waals surface area (Å²) in [7, 11) is -3.35. The molecule has 6 atom stereocenters. The summed E-state index contributed by atoms with van der Waals surface area (Å²) in [5.41, 5.74) is 8.26. The van der Waals surface area contributed by atoms with Crippen molar-refractivity contribution in [1.29, 1.82) is 0 Å². The molecule has 1 aliphatic carbocycles. The maximum Gasteiger partial charge on any atom is 0.459 e. The molecule has 2 aromatic carbocycles. The number of rotatable bonds is 13. The lowest BCUT2D eigenvalue weighted by Crippen LogP contribution is -2.39. The maximum atomic E-state index is 14.3. The SMILES string of the molecule is C=C(N)c1ncn([C@@H]2O[C@H](COP(=O)(N[C@@H](CC3=CCc4ccccc43)C(=O)OC)Oc3ccc([N+](=O)[O-])cc3)[C@@H](O)[C@H]2O)n1. The first-order chi connectivity index (χ1) is 21.5. The fourth-order valence-corrected chi connectivity index (χ4v) is 6.44. The zero-order chi connectivity index (χ0) is 32.3. The Morgan fingerprint density at radius 2 is 2.00 bits per heavy atom. The molecule has 17 heteroatoms. The smallest absolute Gasteiger partial charge is 0.459 e. The van der Waals surface area contributed by atoms with Crippen LogP contribution in [-0.4, -0.2) is 73.9 Å². The third-order valence-electron chi connectivity index (χ3n) is 7.23. The zero-order valence-corrected chi connectivity index (χ0v) is 24.9. The molecule has 238 valence electrons. The summed E-state index contributed by atoms with van der Waals surface area (Å²) in [6.45, 7) is 2.96. The Labute approximate surface area is 256 Å². The molecule has 0 radical (unpaired) electrons. The number of aliphatic hydroxyl groups is 2. The molecule has 5 rings (SSSR count). The number of nitrogens with two attached hydrogens (primary N) is 1. The van der Waals surface area contributed by atoms with E-state index in [0.717, 1.165) is 33.5 Å². The Hall–Kier alpha value is -4.44. The molecule has 1 unspecified atom stereocenters. The molecule has 0 saturated carbocycles. The number of hydrogen-bond donors (Lipinski definition) is 4. The molecule has 16 nitrogen and oxygen atoms in total. The number of nitro benzene ring substituents is 1. The van der Waals surface area contributed by atoms with Crippen molar-refractivity contribution < 1.29 is 43.0 Å². The van der Waals surface area contributed by atoms with E-state index in [1.54, 1.807) is 0 Å². The summed E-state index contributed by atoms with van der Waals surface area (Å²) in [6, 6.07) is 11.1. The second-order valence-corrected chi connectivity index (χ2v) is 11.9. The number of non-ortho nitro benzene ring substituents is 1. The summed E-state index contributed by atoms with van der Waals surface area (Å²) in [5, 5.41) is 39.2. The molecule has 1 aromatic heterocycles. The Balaban J connectivity index is 1.37. The van der Waals surface area contributed by atoms with Gasteiger partial charge in [-0.1, -0.05) is 36.9 Å². The summed E-state index contributed by atoms with van der Waals surface area (Å²) in [5.74, 6) is -0.736. The van der Waals surface area contributed by atoms with Gasteiger partial charge in [-0.25, -0.2) is 14.2 Å². The van der Waals surface area contributed by atoms with E-state index in [1.165, 1.54) is 25.6 Å². The standard InChI is InChI=1S/C28H31N6O10P/c1-16(29)26-30-15-33(31-26)27-25(36)24(35)23(43-27)14-42-45(40,44-20-11-9-19(10-12-20)34(38)39)32-22(28(37)41-2)13-18-8-7-17-5-3-4-6-21(17)18/h3-6,8-12,15,22-25,27,35-36H,1,7,13-14,29H2,2H3,(H,32,40)/t22-,23+,24+,25+,27+,45?/m0/s1. The molecule has 1 saturated heterocycles. The lowest BCUT2D eigenvalue weighted by Gasteiger charge is -2.26. The highest BCUT2D eigenvalue weighted by Gasteiger charge is 2.46.